The molecule has 0 atom stereocenters. The van der Waals surface area contributed by atoms with Crippen LogP contribution in [0.5, 0.6) is 11.5 Å². The van der Waals surface area contributed by atoms with Gasteiger partial charge in [-0.1, -0.05) is 29.8 Å². The molecule has 0 saturated carbocycles. The summed E-state index contributed by atoms with van der Waals surface area (Å²) in [4.78, 5) is 0. The molecule has 0 spiro atoms. The molecule has 21 heavy (non-hydrogen) atoms. The fourth-order valence-electron chi connectivity index (χ4n) is 2.91. The van der Waals surface area contributed by atoms with E-state index in [0.29, 0.717) is 11.6 Å². The van der Waals surface area contributed by atoms with Crippen molar-refractivity contribution in [1.29, 1.82) is 0 Å². The van der Waals surface area contributed by atoms with Gasteiger partial charge in [0, 0.05) is 0 Å². The molecule has 2 nitrogen and oxygen atoms in total. The minimum Gasteiger partial charge on any atom is -0.456 e. The third-order valence-electron chi connectivity index (χ3n) is 4.00. The van der Waals surface area contributed by atoms with Gasteiger partial charge in [0.15, 0.2) is 0 Å². The molecule has 0 aliphatic heterocycles. The summed E-state index contributed by atoms with van der Waals surface area (Å²) >= 11 is 6.29. The van der Waals surface area contributed by atoms with E-state index in [0.717, 1.165) is 29.9 Å². The molecule has 110 valence electrons. The van der Waals surface area contributed by atoms with Crippen LogP contribution in [-0.2, 0) is 19.3 Å². The molecule has 0 aromatic heterocycles. The number of para-hydroxylation sites is 1. The Balaban J connectivity index is 1.90. The van der Waals surface area contributed by atoms with Crippen molar-refractivity contribution in [3.05, 3.63) is 58.1 Å². The van der Waals surface area contributed by atoms with Gasteiger partial charge in [0.25, 0.3) is 0 Å². The normalized spacial score (nSPS) is 13.8. The molecule has 0 fully saturated rings. The number of hydrogen-bond acceptors (Lipinski definition) is 2. The van der Waals surface area contributed by atoms with E-state index in [1.54, 1.807) is 0 Å². The zero-order valence-corrected chi connectivity index (χ0v) is 12.8. The van der Waals surface area contributed by atoms with Gasteiger partial charge >= 0.3 is 0 Å². The van der Waals surface area contributed by atoms with Crippen LogP contribution in [0.3, 0.4) is 0 Å². The van der Waals surface area contributed by atoms with Crippen LogP contribution >= 0.6 is 11.6 Å². The van der Waals surface area contributed by atoms with Gasteiger partial charge in [-0.15, -0.1) is 0 Å². The predicted octanol–water partition coefficient (Wildman–Crippen LogP) is 4.51. The second-order valence-electron chi connectivity index (χ2n) is 5.51. The highest BCUT2D eigenvalue weighted by molar-refractivity contribution is 6.32. The molecule has 1 aliphatic rings. The lowest BCUT2D eigenvalue weighted by Crippen LogP contribution is -2.05. The Morgan fingerprint density at radius 3 is 2.67 bits per heavy atom. The van der Waals surface area contributed by atoms with Crippen molar-refractivity contribution in [2.75, 3.05) is 6.54 Å². The van der Waals surface area contributed by atoms with Crippen molar-refractivity contribution in [1.82, 2.24) is 0 Å². The molecule has 3 rings (SSSR count). The molecule has 0 bridgehead atoms. The maximum Gasteiger partial charge on any atom is 0.149 e. The second-order valence-corrected chi connectivity index (χ2v) is 5.91. The minimum absolute atomic E-state index is 0.584. The third kappa shape index (κ3) is 3.22. The van der Waals surface area contributed by atoms with Gasteiger partial charge < -0.3 is 10.5 Å². The van der Waals surface area contributed by atoms with E-state index in [-0.39, 0.29) is 0 Å². The Morgan fingerprint density at radius 1 is 1.05 bits per heavy atom. The molecule has 0 saturated heterocycles. The first-order valence-electron chi connectivity index (χ1n) is 7.55. The molecule has 0 unspecified atom stereocenters. The Bertz CT molecular complexity index is 639. The maximum atomic E-state index is 6.29. The van der Waals surface area contributed by atoms with Crippen molar-refractivity contribution in [2.45, 2.75) is 32.1 Å². The number of benzene rings is 2. The smallest absolute Gasteiger partial charge is 0.149 e. The molecule has 0 radical (unpaired) electrons. The maximum absolute atomic E-state index is 6.29. The van der Waals surface area contributed by atoms with Crippen molar-refractivity contribution in [2.24, 2.45) is 5.73 Å². The Morgan fingerprint density at radius 2 is 1.86 bits per heavy atom. The standard InChI is InChI=1S/C18H20ClNO/c19-17-7-3-6-14(10-11-20)18(17)21-16-9-8-13-4-1-2-5-15(13)12-16/h3,6-9,12H,1-2,4-5,10-11,20H2. The van der Waals surface area contributed by atoms with E-state index in [2.05, 4.69) is 12.1 Å². The zero-order valence-electron chi connectivity index (χ0n) is 12.1. The SMILES string of the molecule is NCCc1cccc(Cl)c1Oc1ccc2c(c1)CCCC2. The van der Waals surface area contributed by atoms with Gasteiger partial charge in [-0.25, -0.2) is 0 Å². The van der Waals surface area contributed by atoms with Crippen LogP contribution in [0, 0.1) is 0 Å². The first kappa shape index (κ1) is 14.4. The summed E-state index contributed by atoms with van der Waals surface area (Å²) < 4.78 is 6.07. The quantitative estimate of drug-likeness (QED) is 0.901. The summed E-state index contributed by atoms with van der Waals surface area (Å²) in [6.45, 7) is 0.584. The molecular weight excluding hydrogens is 282 g/mol. The highest BCUT2D eigenvalue weighted by Crippen LogP contribution is 2.34. The Hall–Kier alpha value is -1.51. The summed E-state index contributed by atoms with van der Waals surface area (Å²) in [6.07, 6.45) is 5.64. The average molecular weight is 302 g/mol. The summed E-state index contributed by atoms with van der Waals surface area (Å²) in [5.74, 6) is 1.60. The van der Waals surface area contributed by atoms with Gasteiger partial charge in [-0.2, -0.15) is 0 Å². The van der Waals surface area contributed by atoms with E-state index in [9.17, 15) is 0 Å². The molecule has 0 heterocycles. The van der Waals surface area contributed by atoms with Gasteiger partial charge in [0.2, 0.25) is 0 Å². The first-order valence-corrected chi connectivity index (χ1v) is 7.93. The van der Waals surface area contributed by atoms with E-state index in [4.69, 9.17) is 22.1 Å². The lowest BCUT2D eigenvalue weighted by atomic mass is 9.92. The van der Waals surface area contributed by atoms with E-state index >= 15 is 0 Å². The summed E-state index contributed by atoms with van der Waals surface area (Å²) in [5.41, 5.74) is 9.59. The molecule has 2 N–H and O–H groups in total. The van der Waals surface area contributed by atoms with Crippen LogP contribution in [0.25, 0.3) is 0 Å². The van der Waals surface area contributed by atoms with Crippen molar-refractivity contribution in [3.8, 4) is 11.5 Å². The number of halogens is 1. The number of aryl methyl sites for hydroxylation is 2. The van der Waals surface area contributed by atoms with Gasteiger partial charge in [-0.05, 0) is 73.5 Å². The molecule has 3 heteroatoms. The Labute approximate surface area is 130 Å². The van der Waals surface area contributed by atoms with E-state index in [1.165, 1.54) is 30.4 Å². The first-order chi connectivity index (χ1) is 10.3. The topological polar surface area (TPSA) is 35.2 Å². The third-order valence-corrected chi connectivity index (χ3v) is 4.30. The van der Waals surface area contributed by atoms with Gasteiger partial charge in [0.05, 0.1) is 5.02 Å². The molecule has 1 aliphatic carbocycles. The summed E-state index contributed by atoms with van der Waals surface area (Å²) in [5, 5.41) is 0.638. The molecular formula is C18H20ClNO. The van der Waals surface area contributed by atoms with Crippen LogP contribution in [0.1, 0.15) is 29.5 Å². The summed E-state index contributed by atoms with van der Waals surface area (Å²) in [7, 11) is 0. The predicted molar refractivity (Wildman–Crippen MR) is 87.4 cm³/mol. The monoisotopic (exact) mass is 301 g/mol. The van der Waals surface area contributed by atoms with Gasteiger partial charge in [-0.3, -0.25) is 0 Å². The van der Waals surface area contributed by atoms with E-state index < -0.39 is 0 Å². The minimum atomic E-state index is 0.584. The fraction of sp³-hybridized carbons (Fsp3) is 0.333. The van der Waals surface area contributed by atoms with E-state index in [1.807, 2.05) is 24.3 Å². The van der Waals surface area contributed by atoms with Gasteiger partial charge in [0.1, 0.15) is 11.5 Å². The van der Waals surface area contributed by atoms with Crippen LogP contribution in [0.2, 0.25) is 5.02 Å². The zero-order chi connectivity index (χ0) is 14.7. The molecule has 2 aromatic carbocycles. The number of ether oxygens (including phenoxy) is 1. The largest absolute Gasteiger partial charge is 0.456 e. The van der Waals surface area contributed by atoms with Crippen molar-refractivity contribution < 1.29 is 4.74 Å². The number of fused-ring (bicyclic) bond motifs is 1. The number of rotatable bonds is 4. The van der Waals surface area contributed by atoms with Crippen molar-refractivity contribution in [3.63, 3.8) is 0 Å². The Kier molecular flexibility index (Phi) is 4.47. The van der Waals surface area contributed by atoms with Crippen LogP contribution < -0.4 is 10.5 Å². The summed E-state index contributed by atoms with van der Waals surface area (Å²) in [6, 6.07) is 12.2. The molecule has 0 amide bonds. The fourth-order valence-corrected chi connectivity index (χ4v) is 3.14. The lowest BCUT2D eigenvalue weighted by Gasteiger charge is -2.18. The lowest BCUT2D eigenvalue weighted by molar-refractivity contribution is 0.474. The number of hydrogen-bond donors (Lipinski definition) is 1. The van der Waals surface area contributed by atoms with Crippen LogP contribution in [0.15, 0.2) is 36.4 Å². The van der Waals surface area contributed by atoms with Crippen molar-refractivity contribution >= 4 is 11.6 Å². The van der Waals surface area contributed by atoms with Crippen LogP contribution in [-0.4, -0.2) is 6.54 Å². The average Bonchev–Trinajstić information content (AvgIpc) is 2.51. The number of nitrogens with two attached hydrogens (primary N) is 1. The highest BCUT2D eigenvalue weighted by atomic mass is 35.5. The van der Waals surface area contributed by atoms with Crippen LogP contribution in [0.4, 0.5) is 0 Å². The second kappa shape index (κ2) is 6.50. The molecule has 2 aromatic rings. The highest BCUT2D eigenvalue weighted by Gasteiger charge is 2.13.